The van der Waals surface area contributed by atoms with Gasteiger partial charge in [0, 0.05) is 28.6 Å². The number of amides is 2. The Morgan fingerprint density at radius 3 is 2.48 bits per heavy atom. The van der Waals surface area contributed by atoms with E-state index < -0.39 is 0 Å². The van der Waals surface area contributed by atoms with Crippen LogP contribution in [0.25, 0.3) is 22.2 Å². The normalized spacial score (nSPS) is 12.5. The molecule has 0 bridgehead atoms. The molecule has 2 amide bonds. The first-order valence-corrected chi connectivity index (χ1v) is 10.1. The number of anilines is 1. The van der Waals surface area contributed by atoms with Crippen molar-refractivity contribution in [1.29, 1.82) is 0 Å². The van der Waals surface area contributed by atoms with Crippen LogP contribution < -0.4 is 10.7 Å². The lowest BCUT2D eigenvalue weighted by atomic mass is 10.0. The number of hydrogen-bond donors (Lipinski definition) is 3. The molecule has 1 aliphatic heterocycles. The van der Waals surface area contributed by atoms with Crippen molar-refractivity contribution in [2.45, 2.75) is 12.8 Å². The number of aromatic amines is 1. The second kappa shape index (κ2) is 7.91. The highest BCUT2D eigenvalue weighted by Gasteiger charge is 2.22. The van der Waals surface area contributed by atoms with Crippen LogP contribution in [-0.4, -0.2) is 23.0 Å². The van der Waals surface area contributed by atoms with Crippen LogP contribution in [0.2, 0.25) is 0 Å². The Morgan fingerprint density at radius 1 is 0.968 bits per heavy atom. The average Bonchev–Trinajstić information content (AvgIpc) is 3.08. The molecular formula is C25H20N4O2. The first kappa shape index (κ1) is 18.8. The molecule has 5 rings (SSSR count). The van der Waals surface area contributed by atoms with Crippen LogP contribution in [0.15, 0.2) is 77.9 Å². The zero-order valence-electron chi connectivity index (χ0n) is 16.7. The highest BCUT2D eigenvalue weighted by Crippen LogP contribution is 2.34. The summed E-state index contributed by atoms with van der Waals surface area (Å²) in [6.07, 6.45) is 2.67. The summed E-state index contributed by atoms with van der Waals surface area (Å²) < 4.78 is 0. The van der Waals surface area contributed by atoms with E-state index in [2.05, 4.69) is 20.8 Å². The first-order valence-electron chi connectivity index (χ1n) is 10.1. The molecule has 1 aromatic heterocycles. The molecule has 0 aliphatic carbocycles. The number of carbonyl (C=O) groups excluding carboxylic acids is 2. The van der Waals surface area contributed by atoms with E-state index >= 15 is 0 Å². The minimum atomic E-state index is -0.306. The number of rotatable bonds is 5. The monoisotopic (exact) mass is 408 g/mol. The van der Waals surface area contributed by atoms with E-state index in [1.165, 1.54) is 0 Å². The van der Waals surface area contributed by atoms with Gasteiger partial charge in [-0.15, -0.1) is 0 Å². The lowest BCUT2D eigenvalue weighted by molar-refractivity contribution is -0.116. The van der Waals surface area contributed by atoms with Crippen LogP contribution in [0, 0.1) is 0 Å². The van der Waals surface area contributed by atoms with Crippen LogP contribution in [0.5, 0.6) is 0 Å². The summed E-state index contributed by atoms with van der Waals surface area (Å²) in [5.74, 6) is -0.408. The van der Waals surface area contributed by atoms with E-state index in [4.69, 9.17) is 0 Å². The highest BCUT2D eigenvalue weighted by molar-refractivity contribution is 6.18. The van der Waals surface area contributed by atoms with Gasteiger partial charge < -0.3 is 10.3 Å². The molecule has 0 atom stereocenters. The molecule has 0 saturated heterocycles. The minimum Gasteiger partial charge on any atom is -0.354 e. The maximum Gasteiger partial charge on any atom is 0.272 e. The Kier molecular flexibility index (Phi) is 4.80. The molecule has 0 radical (unpaired) electrons. The van der Waals surface area contributed by atoms with E-state index in [-0.39, 0.29) is 11.8 Å². The third-order valence-electron chi connectivity index (χ3n) is 5.37. The van der Waals surface area contributed by atoms with Gasteiger partial charge in [0.2, 0.25) is 5.91 Å². The van der Waals surface area contributed by atoms with E-state index in [9.17, 15) is 9.59 Å². The SMILES string of the molecule is O=C(CCc1ccccc1)Nc1cc2c3c(c(-c4ccccc4)[nH]c3c1)C=NNC2=O. The van der Waals surface area contributed by atoms with Gasteiger partial charge in [0.25, 0.3) is 5.91 Å². The van der Waals surface area contributed by atoms with Crippen molar-refractivity contribution < 1.29 is 9.59 Å². The summed E-state index contributed by atoms with van der Waals surface area (Å²) in [4.78, 5) is 28.6. The molecule has 2 heterocycles. The number of hydrogen-bond acceptors (Lipinski definition) is 3. The molecule has 4 aromatic rings. The quantitative estimate of drug-likeness (QED) is 0.455. The molecule has 3 aromatic carbocycles. The van der Waals surface area contributed by atoms with Gasteiger partial charge in [-0.2, -0.15) is 5.10 Å². The van der Waals surface area contributed by atoms with E-state index in [0.29, 0.717) is 24.1 Å². The summed E-state index contributed by atoms with van der Waals surface area (Å²) in [6.45, 7) is 0. The van der Waals surface area contributed by atoms with Gasteiger partial charge in [-0.3, -0.25) is 9.59 Å². The summed E-state index contributed by atoms with van der Waals surface area (Å²) in [5.41, 5.74) is 8.19. The molecular weight excluding hydrogens is 388 g/mol. The molecule has 6 heteroatoms. The van der Waals surface area contributed by atoms with Crippen LogP contribution >= 0.6 is 0 Å². The van der Waals surface area contributed by atoms with E-state index in [1.807, 2.05) is 66.7 Å². The third-order valence-corrected chi connectivity index (χ3v) is 5.37. The van der Waals surface area contributed by atoms with Gasteiger partial charge in [0.1, 0.15) is 0 Å². The topological polar surface area (TPSA) is 86.3 Å². The van der Waals surface area contributed by atoms with Crippen molar-refractivity contribution in [3.8, 4) is 11.3 Å². The summed E-state index contributed by atoms with van der Waals surface area (Å²) in [5, 5.41) is 7.80. The number of aryl methyl sites for hydroxylation is 1. The number of hydrazone groups is 1. The predicted molar refractivity (Wildman–Crippen MR) is 122 cm³/mol. The van der Waals surface area contributed by atoms with Gasteiger partial charge in [-0.25, -0.2) is 5.43 Å². The van der Waals surface area contributed by atoms with E-state index in [1.54, 1.807) is 12.3 Å². The standard InChI is InChI=1S/C25H20N4O2/c30-22(12-11-16-7-3-1-4-8-16)27-18-13-19-23-20(15-26-29-25(19)31)24(28-21(23)14-18)17-9-5-2-6-10-17/h1-10,13-15,28H,11-12H2,(H,27,30)(H,29,31). The lowest BCUT2D eigenvalue weighted by Crippen LogP contribution is -2.17. The number of nitrogens with one attached hydrogen (secondary N) is 3. The molecule has 0 saturated carbocycles. The average molecular weight is 408 g/mol. The maximum absolute atomic E-state index is 12.6. The minimum absolute atomic E-state index is 0.101. The van der Waals surface area contributed by atoms with Crippen molar-refractivity contribution in [1.82, 2.24) is 10.4 Å². The van der Waals surface area contributed by atoms with Gasteiger partial charge in [0.15, 0.2) is 0 Å². The van der Waals surface area contributed by atoms with Crippen LogP contribution in [0.1, 0.15) is 27.9 Å². The van der Waals surface area contributed by atoms with Crippen molar-refractivity contribution in [3.05, 3.63) is 89.5 Å². The second-order valence-electron chi connectivity index (χ2n) is 7.46. The van der Waals surface area contributed by atoms with Gasteiger partial charge in [-0.1, -0.05) is 60.7 Å². The van der Waals surface area contributed by atoms with Crippen LogP contribution in [-0.2, 0) is 11.2 Å². The zero-order chi connectivity index (χ0) is 21.2. The number of benzene rings is 3. The molecule has 0 spiro atoms. The largest absolute Gasteiger partial charge is 0.354 e. The van der Waals surface area contributed by atoms with Gasteiger partial charge in [-0.05, 0) is 29.7 Å². The van der Waals surface area contributed by atoms with Crippen LogP contribution in [0.4, 0.5) is 5.69 Å². The van der Waals surface area contributed by atoms with Crippen molar-refractivity contribution in [2.24, 2.45) is 5.10 Å². The lowest BCUT2D eigenvalue weighted by Gasteiger charge is -2.08. The predicted octanol–water partition coefficient (Wildman–Crippen LogP) is 4.48. The fraction of sp³-hybridized carbons (Fsp3) is 0.0800. The molecule has 3 N–H and O–H groups in total. The van der Waals surface area contributed by atoms with Crippen molar-refractivity contribution in [3.63, 3.8) is 0 Å². The highest BCUT2D eigenvalue weighted by atomic mass is 16.2. The summed E-state index contributed by atoms with van der Waals surface area (Å²) in [7, 11) is 0. The molecule has 0 fully saturated rings. The molecule has 152 valence electrons. The fourth-order valence-corrected chi connectivity index (χ4v) is 3.91. The maximum atomic E-state index is 12.6. The first-order chi connectivity index (χ1) is 15.2. The van der Waals surface area contributed by atoms with E-state index in [0.717, 1.165) is 33.3 Å². The summed E-state index contributed by atoms with van der Waals surface area (Å²) in [6, 6.07) is 23.3. The third kappa shape index (κ3) is 3.71. The van der Waals surface area contributed by atoms with Crippen molar-refractivity contribution in [2.75, 3.05) is 5.32 Å². The fourth-order valence-electron chi connectivity index (χ4n) is 3.91. The van der Waals surface area contributed by atoms with Gasteiger partial charge >= 0.3 is 0 Å². The van der Waals surface area contributed by atoms with Crippen LogP contribution in [0.3, 0.4) is 0 Å². The Bertz CT molecular complexity index is 1310. The summed E-state index contributed by atoms with van der Waals surface area (Å²) >= 11 is 0. The smallest absolute Gasteiger partial charge is 0.272 e. The Balaban J connectivity index is 1.49. The molecule has 6 nitrogen and oxygen atoms in total. The Morgan fingerprint density at radius 2 is 1.71 bits per heavy atom. The number of aromatic nitrogens is 1. The van der Waals surface area contributed by atoms with Crippen molar-refractivity contribution >= 4 is 34.6 Å². The Labute approximate surface area is 179 Å². The molecule has 0 unspecified atom stereocenters. The molecule has 1 aliphatic rings. The molecule has 31 heavy (non-hydrogen) atoms. The second-order valence-corrected chi connectivity index (χ2v) is 7.46. The number of nitrogens with zero attached hydrogens (tertiary/aromatic N) is 1. The van der Waals surface area contributed by atoms with Gasteiger partial charge in [0.05, 0.1) is 17.5 Å². The number of carbonyl (C=O) groups is 2. The Hall–Kier alpha value is -4.19. The number of H-pyrrole nitrogens is 1. The zero-order valence-corrected chi connectivity index (χ0v) is 16.7.